The van der Waals surface area contributed by atoms with Crippen molar-refractivity contribution in [3.8, 4) is 23.0 Å². The predicted octanol–water partition coefficient (Wildman–Crippen LogP) is 7.40. The van der Waals surface area contributed by atoms with Crippen molar-refractivity contribution < 1.29 is 38.0 Å². The highest BCUT2D eigenvalue weighted by atomic mass is 16.5. The van der Waals surface area contributed by atoms with E-state index in [1.54, 1.807) is 85.8 Å². The maximum atomic E-state index is 12.7. The third kappa shape index (κ3) is 10.9. The van der Waals surface area contributed by atoms with Crippen molar-refractivity contribution in [1.82, 2.24) is 0 Å². The minimum Gasteiger partial charge on any atom is -0.494 e. The van der Waals surface area contributed by atoms with Crippen LogP contribution in [0.2, 0.25) is 0 Å². The zero-order valence-corrected chi connectivity index (χ0v) is 24.3. The normalized spacial score (nSPS) is 10.2. The van der Waals surface area contributed by atoms with Crippen molar-refractivity contribution in [2.45, 2.75) is 19.8 Å². The number of ether oxygens (including phenoxy) is 6. The summed E-state index contributed by atoms with van der Waals surface area (Å²) in [4.78, 5) is 25.3. The van der Waals surface area contributed by atoms with Crippen LogP contribution < -0.4 is 18.9 Å². The summed E-state index contributed by atoms with van der Waals surface area (Å²) in [5, 5.41) is 0. The Labute approximate surface area is 252 Å². The van der Waals surface area contributed by atoms with Crippen molar-refractivity contribution in [3.05, 3.63) is 133 Å². The summed E-state index contributed by atoms with van der Waals surface area (Å²) >= 11 is 0. The number of esters is 2. The van der Waals surface area contributed by atoms with Crippen molar-refractivity contribution in [1.29, 1.82) is 0 Å². The summed E-state index contributed by atoms with van der Waals surface area (Å²) < 4.78 is 33.1. The molecule has 43 heavy (non-hydrogen) atoms. The SMILES string of the molecule is C=CC(=C)OCCCOc1ccc(C(=O)Oc2ccc(OC(=O)c3ccc(OCCCOC(=C)C=C)cc3)c(C)c2)cc1. The predicted molar refractivity (Wildman–Crippen MR) is 165 cm³/mol. The molecule has 0 amide bonds. The molecule has 0 aromatic heterocycles. The summed E-state index contributed by atoms with van der Waals surface area (Å²) in [5.74, 6) is 1.92. The second-order valence-corrected chi connectivity index (χ2v) is 9.20. The van der Waals surface area contributed by atoms with Gasteiger partial charge in [-0.3, -0.25) is 0 Å². The Kier molecular flexibility index (Phi) is 12.7. The lowest BCUT2D eigenvalue weighted by Gasteiger charge is -2.11. The standard InChI is InChI=1S/C35H36O8/c1-6-26(4)38-20-8-22-40-30-14-10-28(11-15-30)34(36)42-32-18-19-33(25(3)24-32)43-35(37)29-12-16-31(17-13-29)41-23-9-21-39-27(5)7-2/h6-7,10-19,24H,1-2,4-5,8-9,20-23H2,3H3. The smallest absolute Gasteiger partial charge is 0.343 e. The van der Waals surface area contributed by atoms with Gasteiger partial charge in [0.25, 0.3) is 0 Å². The Balaban J connectivity index is 1.45. The first-order valence-electron chi connectivity index (χ1n) is 13.7. The first kappa shape index (κ1) is 32.3. The van der Waals surface area contributed by atoms with E-state index in [2.05, 4.69) is 26.3 Å². The fourth-order valence-corrected chi connectivity index (χ4v) is 3.52. The van der Waals surface area contributed by atoms with E-state index in [0.29, 0.717) is 90.5 Å². The van der Waals surface area contributed by atoms with Gasteiger partial charge in [0.2, 0.25) is 0 Å². The van der Waals surface area contributed by atoms with Crippen LogP contribution >= 0.6 is 0 Å². The largest absolute Gasteiger partial charge is 0.494 e. The highest BCUT2D eigenvalue weighted by Gasteiger charge is 2.14. The number of rotatable bonds is 18. The van der Waals surface area contributed by atoms with E-state index in [1.165, 1.54) is 0 Å². The molecule has 3 aromatic rings. The summed E-state index contributed by atoms with van der Waals surface area (Å²) in [6, 6.07) is 18.1. The molecule has 8 nitrogen and oxygen atoms in total. The molecular formula is C35H36O8. The maximum absolute atomic E-state index is 12.7. The summed E-state index contributed by atoms with van der Waals surface area (Å²) in [7, 11) is 0. The Morgan fingerprint density at radius 1 is 0.628 bits per heavy atom. The third-order valence-electron chi connectivity index (χ3n) is 5.88. The summed E-state index contributed by atoms with van der Waals surface area (Å²) in [5.41, 5.74) is 1.36. The molecule has 0 radical (unpaired) electrons. The van der Waals surface area contributed by atoms with E-state index in [-0.39, 0.29) is 0 Å². The molecule has 0 aliphatic carbocycles. The van der Waals surface area contributed by atoms with Crippen molar-refractivity contribution >= 4 is 11.9 Å². The van der Waals surface area contributed by atoms with E-state index in [4.69, 9.17) is 28.4 Å². The van der Waals surface area contributed by atoms with Crippen molar-refractivity contribution in [2.24, 2.45) is 0 Å². The highest BCUT2D eigenvalue weighted by molar-refractivity contribution is 5.92. The average molecular weight is 585 g/mol. The fraction of sp³-hybridized carbons (Fsp3) is 0.200. The maximum Gasteiger partial charge on any atom is 0.343 e. The van der Waals surface area contributed by atoms with Gasteiger partial charge in [0.1, 0.15) is 34.5 Å². The van der Waals surface area contributed by atoms with E-state index in [0.717, 1.165) is 0 Å². The van der Waals surface area contributed by atoms with Crippen LogP contribution in [0.3, 0.4) is 0 Å². The highest BCUT2D eigenvalue weighted by Crippen LogP contribution is 2.26. The van der Waals surface area contributed by atoms with Crippen LogP contribution in [0.5, 0.6) is 23.0 Å². The van der Waals surface area contributed by atoms with Gasteiger partial charge in [-0.05, 0) is 91.4 Å². The van der Waals surface area contributed by atoms with E-state index < -0.39 is 11.9 Å². The summed E-state index contributed by atoms with van der Waals surface area (Å²) in [6.45, 7) is 18.1. The molecule has 0 bridgehead atoms. The lowest BCUT2D eigenvalue weighted by atomic mass is 10.2. The van der Waals surface area contributed by atoms with Gasteiger partial charge in [0, 0.05) is 12.8 Å². The average Bonchev–Trinajstić information content (AvgIpc) is 3.02. The van der Waals surface area contributed by atoms with E-state index in [9.17, 15) is 9.59 Å². The molecule has 224 valence electrons. The van der Waals surface area contributed by atoms with Gasteiger partial charge in [-0.1, -0.05) is 26.3 Å². The molecule has 0 spiro atoms. The van der Waals surface area contributed by atoms with Gasteiger partial charge >= 0.3 is 11.9 Å². The van der Waals surface area contributed by atoms with Crippen molar-refractivity contribution in [2.75, 3.05) is 26.4 Å². The molecule has 0 unspecified atom stereocenters. The Bertz CT molecular complexity index is 1420. The van der Waals surface area contributed by atoms with Crippen LogP contribution in [-0.2, 0) is 9.47 Å². The molecule has 0 aliphatic heterocycles. The molecule has 0 atom stereocenters. The van der Waals surface area contributed by atoms with Crippen molar-refractivity contribution in [3.63, 3.8) is 0 Å². The van der Waals surface area contributed by atoms with E-state index in [1.807, 2.05) is 0 Å². The first-order valence-corrected chi connectivity index (χ1v) is 13.7. The van der Waals surface area contributed by atoms with Crippen LogP contribution in [0.4, 0.5) is 0 Å². The topological polar surface area (TPSA) is 89.5 Å². The molecule has 0 saturated heterocycles. The van der Waals surface area contributed by atoms with Crippen LogP contribution in [0.25, 0.3) is 0 Å². The second kappa shape index (κ2) is 16.9. The number of aryl methyl sites for hydroxylation is 1. The quantitative estimate of drug-likeness (QED) is 0.0502. The minimum absolute atomic E-state index is 0.324. The van der Waals surface area contributed by atoms with Crippen LogP contribution in [-0.4, -0.2) is 38.4 Å². The third-order valence-corrected chi connectivity index (χ3v) is 5.88. The molecule has 3 aromatic carbocycles. The monoisotopic (exact) mass is 584 g/mol. The zero-order chi connectivity index (χ0) is 31.0. The van der Waals surface area contributed by atoms with E-state index >= 15 is 0 Å². The minimum atomic E-state index is -0.524. The molecule has 0 N–H and O–H groups in total. The molecule has 0 saturated carbocycles. The van der Waals surface area contributed by atoms with Gasteiger partial charge in [-0.15, -0.1) is 0 Å². The molecular weight excluding hydrogens is 548 g/mol. The molecule has 3 rings (SSSR count). The van der Waals surface area contributed by atoms with Gasteiger partial charge in [-0.2, -0.15) is 0 Å². The summed E-state index contributed by atoms with van der Waals surface area (Å²) in [6.07, 6.45) is 4.44. The number of hydrogen-bond acceptors (Lipinski definition) is 8. The molecule has 0 fully saturated rings. The number of benzene rings is 3. The van der Waals surface area contributed by atoms with Gasteiger partial charge in [0.15, 0.2) is 0 Å². The second-order valence-electron chi connectivity index (χ2n) is 9.20. The molecule has 8 heteroatoms. The number of carbonyl (C=O) groups excluding carboxylic acids is 2. The zero-order valence-electron chi connectivity index (χ0n) is 24.3. The van der Waals surface area contributed by atoms with Crippen LogP contribution in [0, 0.1) is 6.92 Å². The Morgan fingerprint density at radius 3 is 1.51 bits per heavy atom. The number of hydrogen-bond donors (Lipinski definition) is 0. The molecule has 0 heterocycles. The fourth-order valence-electron chi connectivity index (χ4n) is 3.52. The van der Waals surface area contributed by atoms with Crippen LogP contribution in [0.1, 0.15) is 39.1 Å². The lowest BCUT2D eigenvalue weighted by Crippen LogP contribution is -2.11. The first-order chi connectivity index (χ1) is 20.8. The Hall–Kier alpha value is -5.24. The number of carbonyl (C=O) groups is 2. The van der Waals surface area contributed by atoms with Gasteiger partial charge < -0.3 is 28.4 Å². The van der Waals surface area contributed by atoms with Gasteiger partial charge in [0.05, 0.1) is 37.6 Å². The Morgan fingerprint density at radius 2 is 1.07 bits per heavy atom. The lowest BCUT2D eigenvalue weighted by molar-refractivity contribution is 0.0718. The van der Waals surface area contributed by atoms with Crippen LogP contribution in [0.15, 0.2) is 117 Å². The number of allylic oxidation sites excluding steroid dienone is 2. The van der Waals surface area contributed by atoms with Gasteiger partial charge in [-0.25, -0.2) is 9.59 Å². The molecule has 0 aliphatic rings.